The van der Waals surface area contributed by atoms with Crippen molar-refractivity contribution >= 4 is 31.5 Å². The minimum absolute atomic E-state index is 0.647. The van der Waals surface area contributed by atoms with Crippen molar-refractivity contribution < 1.29 is 0 Å². The Bertz CT molecular complexity index is 2460. The molecule has 0 aliphatic carbocycles. The van der Waals surface area contributed by atoms with Crippen molar-refractivity contribution in [2.24, 2.45) is 0 Å². The van der Waals surface area contributed by atoms with E-state index in [1.165, 1.54) is 42.4 Å². The van der Waals surface area contributed by atoms with Gasteiger partial charge >= 0.3 is 0 Å². The fourth-order valence-corrected chi connectivity index (χ4v) is 7.58. The normalized spacial score (nSPS) is 11.3. The SMILES string of the molecule is c1ccc(-c2ccc(-c3nc(-c4ccc(-c5ccccc5)cc4)nc(-c4cccc5sc6ccc(-c7ccccc7)cc6c45)n3)cc2)cc1. The number of fused-ring (bicyclic) bond motifs is 3. The van der Waals surface area contributed by atoms with Gasteiger partial charge in [0.15, 0.2) is 17.5 Å². The molecular formula is C45H29N3S. The smallest absolute Gasteiger partial charge is 0.164 e. The number of hydrogen-bond acceptors (Lipinski definition) is 4. The zero-order valence-electron chi connectivity index (χ0n) is 26.5. The Labute approximate surface area is 288 Å². The number of hydrogen-bond donors (Lipinski definition) is 0. The van der Waals surface area contributed by atoms with E-state index in [2.05, 4.69) is 164 Å². The molecule has 0 spiro atoms. The second-order valence-electron chi connectivity index (χ2n) is 12.1. The molecule has 0 saturated carbocycles. The third-order valence-corrected chi connectivity index (χ3v) is 10.1. The van der Waals surface area contributed by atoms with Gasteiger partial charge in [0.1, 0.15) is 0 Å². The maximum absolute atomic E-state index is 5.17. The highest BCUT2D eigenvalue weighted by atomic mass is 32.1. The van der Waals surface area contributed by atoms with Crippen molar-refractivity contribution in [3.63, 3.8) is 0 Å². The molecule has 0 saturated heterocycles. The summed E-state index contributed by atoms with van der Waals surface area (Å²) in [6, 6.07) is 61.6. The van der Waals surface area contributed by atoms with E-state index in [4.69, 9.17) is 15.0 Å². The van der Waals surface area contributed by atoms with Gasteiger partial charge in [-0.15, -0.1) is 11.3 Å². The summed E-state index contributed by atoms with van der Waals surface area (Å²) in [4.78, 5) is 15.4. The van der Waals surface area contributed by atoms with Crippen LogP contribution in [0.25, 0.3) is 87.7 Å². The molecule has 9 rings (SSSR count). The Morgan fingerprint density at radius 2 is 0.735 bits per heavy atom. The molecule has 0 atom stereocenters. The molecule has 49 heavy (non-hydrogen) atoms. The second kappa shape index (κ2) is 12.4. The van der Waals surface area contributed by atoms with Gasteiger partial charge in [0, 0.05) is 36.9 Å². The van der Waals surface area contributed by atoms with Gasteiger partial charge in [-0.25, -0.2) is 15.0 Å². The Morgan fingerprint density at radius 1 is 0.306 bits per heavy atom. The van der Waals surface area contributed by atoms with E-state index in [9.17, 15) is 0 Å². The molecular weight excluding hydrogens is 615 g/mol. The lowest BCUT2D eigenvalue weighted by atomic mass is 10.0. The van der Waals surface area contributed by atoms with E-state index in [0.717, 1.165) is 27.8 Å². The zero-order valence-corrected chi connectivity index (χ0v) is 27.3. The van der Waals surface area contributed by atoms with Crippen molar-refractivity contribution in [2.75, 3.05) is 0 Å². The third-order valence-electron chi connectivity index (χ3n) is 8.98. The quantitative estimate of drug-likeness (QED) is 0.181. The molecule has 3 nitrogen and oxygen atoms in total. The van der Waals surface area contributed by atoms with Crippen molar-refractivity contribution in [1.82, 2.24) is 15.0 Å². The summed E-state index contributed by atoms with van der Waals surface area (Å²) in [5.41, 5.74) is 9.93. The Hall–Kier alpha value is -6.23. The lowest BCUT2D eigenvalue weighted by molar-refractivity contribution is 1.08. The van der Waals surface area contributed by atoms with Crippen molar-refractivity contribution in [2.45, 2.75) is 0 Å². The minimum Gasteiger partial charge on any atom is -0.208 e. The lowest BCUT2D eigenvalue weighted by Gasteiger charge is -2.11. The van der Waals surface area contributed by atoms with Gasteiger partial charge in [-0.3, -0.25) is 0 Å². The molecule has 2 heterocycles. The first-order valence-corrected chi connectivity index (χ1v) is 17.2. The second-order valence-corrected chi connectivity index (χ2v) is 13.1. The van der Waals surface area contributed by atoms with Crippen LogP contribution < -0.4 is 0 Å². The van der Waals surface area contributed by atoms with Crippen LogP contribution in [0, 0.1) is 0 Å². The fraction of sp³-hybridized carbons (Fsp3) is 0. The molecule has 2 aromatic heterocycles. The van der Waals surface area contributed by atoms with E-state index < -0.39 is 0 Å². The number of thiophene rings is 1. The molecule has 4 heteroatoms. The van der Waals surface area contributed by atoms with Crippen LogP contribution >= 0.6 is 11.3 Å². The van der Waals surface area contributed by atoms with Gasteiger partial charge < -0.3 is 0 Å². The summed E-state index contributed by atoms with van der Waals surface area (Å²) < 4.78 is 2.45. The van der Waals surface area contributed by atoms with Gasteiger partial charge in [-0.2, -0.15) is 0 Å². The van der Waals surface area contributed by atoms with E-state index in [1.807, 2.05) is 12.1 Å². The maximum atomic E-state index is 5.17. The van der Waals surface area contributed by atoms with Gasteiger partial charge in [0.2, 0.25) is 0 Å². The molecule has 0 radical (unpaired) electrons. The van der Waals surface area contributed by atoms with E-state index in [0.29, 0.717) is 17.5 Å². The summed E-state index contributed by atoms with van der Waals surface area (Å²) in [7, 11) is 0. The van der Waals surface area contributed by atoms with Gasteiger partial charge in [-0.1, -0.05) is 158 Å². The monoisotopic (exact) mass is 643 g/mol. The van der Waals surface area contributed by atoms with Crippen molar-refractivity contribution in [3.8, 4) is 67.5 Å². The predicted octanol–water partition coefficient (Wildman–Crippen LogP) is 12.2. The summed E-state index contributed by atoms with van der Waals surface area (Å²) in [5, 5.41) is 2.38. The van der Waals surface area contributed by atoms with Crippen LogP contribution in [0.5, 0.6) is 0 Å². The van der Waals surface area contributed by atoms with Crippen LogP contribution in [0.2, 0.25) is 0 Å². The van der Waals surface area contributed by atoms with E-state index >= 15 is 0 Å². The Kier molecular flexibility index (Phi) is 7.34. The minimum atomic E-state index is 0.647. The molecule has 0 fully saturated rings. The average molecular weight is 644 g/mol. The highest BCUT2D eigenvalue weighted by Crippen LogP contribution is 2.41. The first-order chi connectivity index (χ1) is 24.3. The first kappa shape index (κ1) is 29.0. The van der Waals surface area contributed by atoms with Gasteiger partial charge in [0.25, 0.3) is 0 Å². The largest absolute Gasteiger partial charge is 0.208 e. The van der Waals surface area contributed by atoms with Gasteiger partial charge in [0.05, 0.1) is 0 Å². The molecule has 7 aromatic carbocycles. The van der Waals surface area contributed by atoms with Crippen molar-refractivity contribution in [3.05, 3.63) is 176 Å². The van der Waals surface area contributed by atoms with Crippen LogP contribution in [0.1, 0.15) is 0 Å². The van der Waals surface area contributed by atoms with Crippen LogP contribution in [0.3, 0.4) is 0 Å². The molecule has 0 unspecified atom stereocenters. The zero-order chi connectivity index (χ0) is 32.6. The van der Waals surface area contributed by atoms with Crippen molar-refractivity contribution in [1.29, 1.82) is 0 Å². The topological polar surface area (TPSA) is 38.7 Å². The van der Waals surface area contributed by atoms with Crippen LogP contribution in [0.4, 0.5) is 0 Å². The third kappa shape index (κ3) is 5.58. The average Bonchev–Trinajstić information content (AvgIpc) is 3.57. The van der Waals surface area contributed by atoms with Crippen LogP contribution in [-0.4, -0.2) is 15.0 Å². The predicted molar refractivity (Wildman–Crippen MR) is 205 cm³/mol. The Balaban J connectivity index is 1.21. The molecule has 0 aliphatic heterocycles. The van der Waals surface area contributed by atoms with Gasteiger partial charge in [-0.05, 0) is 51.6 Å². The summed E-state index contributed by atoms with van der Waals surface area (Å²) in [6.07, 6.45) is 0. The highest BCUT2D eigenvalue weighted by molar-refractivity contribution is 7.26. The first-order valence-electron chi connectivity index (χ1n) is 16.4. The maximum Gasteiger partial charge on any atom is 0.164 e. The van der Waals surface area contributed by atoms with E-state index in [1.54, 1.807) is 11.3 Å². The summed E-state index contributed by atoms with van der Waals surface area (Å²) >= 11 is 1.80. The molecule has 0 amide bonds. The number of nitrogens with zero attached hydrogens (tertiary/aromatic N) is 3. The molecule has 0 bridgehead atoms. The summed E-state index contributed by atoms with van der Waals surface area (Å²) in [5.74, 6) is 1.95. The Morgan fingerprint density at radius 3 is 1.27 bits per heavy atom. The van der Waals surface area contributed by atoms with Crippen LogP contribution in [0.15, 0.2) is 176 Å². The van der Waals surface area contributed by atoms with Crippen LogP contribution in [-0.2, 0) is 0 Å². The molecule has 230 valence electrons. The van der Waals surface area contributed by atoms with E-state index in [-0.39, 0.29) is 0 Å². The number of benzene rings is 7. The molecule has 0 N–H and O–H groups in total. The molecule has 0 aliphatic rings. The molecule has 9 aromatic rings. The lowest BCUT2D eigenvalue weighted by Crippen LogP contribution is -2.00. The number of rotatable bonds is 6. The fourth-order valence-electron chi connectivity index (χ4n) is 6.46. The highest BCUT2D eigenvalue weighted by Gasteiger charge is 2.18. The number of aromatic nitrogens is 3. The summed E-state index contributed by atoms with van der Waals surface area (Å²) in [6.45, 7) is 0. The standard InChI is InChI=1S/C45H29N3S/c1-4-11-30(12-5-1)33-19-23-35(24-20-33)43-46-44(36-25-21-34(22-26-36)31-13-6-2-7-14-31)48-45(47-43)38-17-10-18-41-42(38)39-29-37(27-28-40(39)49-41)32-15-8-3-9-16-32/h1-29H.